The van der Waals surface area contributed by atoms with Crippen LogP contribution in [0.4, 0.5) is 0 Å². The van der Waals surface area contributed by atoms with Crippen molar-refractivity contribution in [2.75, 3.05) is 0 Å². The number of carbonyl (C=O) groups is 1. The summed E-state index contributed by atoms with van der Waals surface area (Å²) in [7, 11) is 0. The second-order valence-corrected chi connectivity index (χ2v) is 7.13. The van der Waals surface area contributed by atoms with Crippen LogP contribution in [0.25, 0.3) is 17.2 Å². The Labute approximate surface area is 165 Å². The highest BCUT2D eigenvalue weighted by Crippen LogP contribution is 2.23. The summed E-state index contributed by atoms with van der Waals surface area (Å²) in [4.78, 5) is 16.5. The van der Waals surface area contributed by atoms with Gasteiger partial charge in [-0.15, -0.1) is 5.10 Å². The molecule has 2 heterocycles. The van der Waals surface area contributed by atoms with Crippen LogP contribution in [0, 0.1) is 6.92 Å². The molecular formula is C20H15Cl2N3O2. The molecule has 0 amide bonds. The van der Waals surface area contributed by atoms with Gasteiger partial charge in [0, 0.05) is 28.5 Å². The first kappa shape index (κ1) is 17.8. The number of imidazole rings is 1. The van der Waals surface area contributed by atoms with Crippen LogP contribution in [0.3, 0.4) is 0 Å². The predicted molar refractivity (Wildman–Crippen MR) is 104 cm³/mol. The predicted octanol–water partition coefficient (Wildman–Crippen LogP) is 4.96. The Morgan fingerprint density at radius 3 is 2.59 bits per heavy atom. The Bertz CT molecular complexity index is 1130. The van der Waals surface area contributed by atoms with Crippen LogP contribution < -0.4 is 0 Å². The second kappa shape index (κ2) is 7.18. The van der Waals surface area contributed by atoms with Crippen LogP contribution in [0.2, 0.25) is 10.0 Å². The number of Topliss-reactive ketones (excluding diaryl/α,β-unsaturated/α-hetero) is 1. The maximum absolute atomic E-state index is 12.4. The number of aromatic nitrogens is 3. The van der Waals surface area contributed by atoms with Gasteiger partial charge in [0.25, 0.3) is 0 Å². The van der Waals surface area contributed by atoms with Crippen molar-refractivity contribution in [2.45, 2.75) is 19.8 Å². The molecular weight excluding hydrogens is 385 g/mol. The smallest absolute Gasteiger partial charge is 0.246 e. The Morgan fingerprint density at radius 2 is 1.89 bits per heavy atom. The fourth-order valence-corrected chi connectivity index (χ4v) is 3.34. The summed E-state index contributed by atoms with van der Waals surface area (Å²) in [6.45, 7) is 1.86. The Kier molecular flexibility index (Phi) is 4.72. The summed E-state index contributed by atoms with van der Waals surface area (Å²) in [5.41, 5.74) is 3.14. The van der Waals surface area contributed by atoms with E-state index in [0.717, 1.165) is 22.5 Å². The lowest BCUT2D eigenvalue weighted by Crippen LogP contribution is -2.07. The molecule has 0 N–H and O–H groups in total. The number of carbonyl (C=O) groups excluding carboxylic acids is 1. The molecule has 136 valence electrons. The number of halogens is 2. The number of hydrogen-bond donors (Lipinski definition) is 0. The zero-order valence-electron chi connectivity index (χ0n) is 14.4. The summed E-state index contributed by atoms with van der Waals surface area (Å²) >= 11 is 12.0. The number of rotatable bonds is 5. The van der Waals surface area contributed by atoms with Crippen molar-refractivity contribution in [1.29, 1.82) is 0 Å². The van der Waals surface area contributed by atoms with E-state index >= 15 is 0 Å². The highest BCUT2D eigenvalue weighted by atomic mass is 35.5. The molecule has 0 fully saturated rings. The fraction of sp³-hybridized carbons (Fsp3) is 0.150. The van der Waals surface area contributed by atoms with Gasteiger partial charge in [-0.05, 0) is 42.3 Å². The summed E-state index contributed by atoms with van der Waals surface area (Å²) in [5.74, 6) is 1.36. The third-order valence-electron chi connectivity index (χ3n) is 4.27. The maximum atomic E-state index is 12.4. The molecule has 2 aromatic carbocycles. The monoisotopic (exact) mass is 399 g/mol. The average molecular weight is 400 g/mol. The van der Waals surface area contributed by atoms with Gasteiger partial charge in [-0.25, -0.2) is 4.98 Å². The van der Waals surface area contributed by atoms with E-state index in [4.69, 9.17) is 27.6 Å². The van der Waals surface area contributed by atoms with Crippen molar-refractivity contribution in [2.24, 2.45) is 0 Å². The Morgan fingerprint density at radius 1 is 1.11 bits per heavy atom. The molecule has 0 radical (unpaired) electrons. The first-order chi connectivity index (χ1) is 13.0. The number of hydrogen-bond acceptors (Lipinski definition) is 4. The average Bonchev–Trinajstić information content (AvgIpc) is 3.20. The van der Waals surface area contributed by atoms with E-state index < -0.39 is 0 Å². The maximum Gasteiger partial charge on any atom is 0.246 e. The largest absolute Gasteiger partial charge is 0.417 e. The molecule has 4 aromatic rings. The molecule has 5 nitrogen and oxygen atoms in total. The van der Waals surface area contributed by atoms with Crippen LogP contribution in [0.5, 0.6) is 0 Å². The Balaban J connectivity index is 1.46. The van der Waals surface area contributed by atoms with Crippen LogP contribution in [0.1, 0.15) is 17.0 Å². The molecule has 0 aliphatic carbocycles. The van der Waals surface area contributed by atoms with Gasteiger partial charge in [0.2, 0.25) is 11.6 Å². The van der Waals surface area contributed by atoms with Gasteiger partial charge in [-0.1, -0.05) is 41.4 Å². The molecule has 0 aliphatic heterocycles. The van der Waals surface area contributed by atoms with Crippen molar-refractivity contribution in [3.63, 3.8) is 0 Å². The molecule has 27 heavy (non-hydrogen) atoms. The molecule has 2 aromatic heterocycles. The number of aryl methyl sites for hydroxylation is 1. The summed E-state index contributed by atoms with van der Waals surface area (Å²) in [6, 6.07) is 12.8. The standard InChI is InChI=1S/C20H15Cl2N3O2/c1-12-23-11-19-25(12)24-20(27-19)14-4-2-13(3-5-14)8-17(26)9-15-6-7-16(21)10-18(15)22/h2-7,10-11H,8-9H2,1H3. The van der Waals surface area contributed by atoms with Gasteiger partial charge in [0.15, 0.2) is 0 Å². The summed E-state index contributed by atoms with van der Waals surface area (Å²) in [5, 5.41) is 5.47. The van der Waals surface area contributed by atoms with Crippen molar-refractivity contribution < 1.29 is 9.21 Å². The third-order valence-corrected chi connectivity index (χ3v) is 4.86. The summed E-state index contributed by atoms with van der Waals surface area (Å²) in [6.07, 6.45) is 2.24. The number of ketones is 1. The van der Waals surface area contributed by atoms with Gasteiger partial charge in [0.05, 0.1) is 6.20 Å². The molecule has 0 bridgehead atoms. The third kappa shape index (κ3) is 3.75. The van der Waals surface area contributed by atoms with E-state index in [1.165, 1.54) is 0 Å². The van der Waals surface area contributed by atoms with Crippen LogP contribution in [-0.2, 0) is 17.6 Å². The number of fused-ring (bicyclic) bond motifs is 1. The minimum absolute atomic E-state index is 0.0825. The number of nitrogens with zero attached hydrogens (tertiary/aromatic N) is 3. The van der Waals surface area contributed by atoms with Crippen molar-refractivity contribution in [1.82, 2.24) is 14.6 Å². The lowest BCUT2D eigenvalue weighted by Gasteiger charge is -2.05. The highest BCUT2D eigenvalue weighted by molar-refractivity contribution is 6.35. The van der Waals surface area contributed by atoms with Gasteiger partial charge in [-0.2, -0.15) is 4.52 Å². The van der Waals surface area contributed by atoms with E-state index in [9.17, 15) is 4.79 Å². The van der Waals surface area contributed by atoms with Crippen molar-refractivity contribution >= 4 is 34.7 Å². The minimum atomic E-state index is 0.0825. The molecule has 0 atom stereocenters. The lowest BCUT2D eigenvalue weighted by molar-refractivity contribution is -0.117. The molecule has 0 saturated heterocycles. The van der Waals surface area contributed by atoms with Gasteiger partial charge in [-0.3, -0.25) is 4.79 Å². The summed E-state index contributed by atoms with van der Waals surface area (Å²) < 4.78 is 7.35. The topological polar surface area (TPSA) is 60.4 Å². The molecule has 0 aliphatic rings. The van der Waals surface area contributed by atoms with Crippen LogP contribution >= 0.6 is 23.2 Å². The van der Waals surface area contributed by atoms with E-state index in [2.05, 4.69) is 10.1 Å². The molecule has 0 unspecified atom stereocenters. The van der Waals surface area contributed by atoms with E-state index in [1.54, 1.807) is 28.9 Å². The van der Waals surface area contributed by atoms with Crippen molar-refractivity contribution in [3.8, 4) is 11.5 Å². The van der Waals surface area contributed by atoms with E-state index in [-0.39, 0.29) is 12.2 Å². The van der Waals surface area contributed by atoms with E-state index in [0.29, 0.717) is 28.1 Å². The first-order valence-corrected chi connectivity index (χ1v) is 9.11. The molecule has 0 spiro atoms. The van der Waals surface area contributed by atoms with Crippen LogP contribution in [0.15, 0.2) is 53.1 Å². The SMILES string of the molecule is Cc1ncc2oc(-c3ccc(CC(=O)Cc4ccc(Cl)cc4Cl)cc3)nn12. The molecule has 7 heteroatoms. The first-order valence-electron chi connectivity index (χ1n) is 8.36. The second-order valence-electron chi connectivity index (χ2n) is 6.29. The number of benzene rings is 2. The van der Waals surface area contributed by atoms with Crippen molar-refractivity contribution in [3.05, 3.63) is 75.7 Å². The van der Waals surface area contributed by atoms with Gasteiger partial charge < -0.3 is 4.42 Å². The Hall–Kier alpha value is -2.63. The molecule has 0 saturated carbocycles. The highest BCUT2D eigenvalue weighted by Gasteiger charge is 2.12. The fourth-order valence-electron chi connectivity index (χ4n) is 2.87. The quantitative estimate of drug-likeness (QED) is 0.475. The normalized spacial score (nSPS) is 11.2. The van der Waals surface area contributed by atoms with Gasteiger partial charge >= 0.3 is 0 Å². The lowest BCUT2D eigenvalue weighted by atomic mass is 10.0. The van der Waals surface area contributed by atoms with E-state index in [1.807, 2.05) is 31.2 Å². The van der Waals surface area contributed by atoms with Gasteiger partial charge in [0.1, 0.15) is 11.6 Å². The minimum Gasteiger partial charge on any atom is -0.417 e. The van der Waals surface area contributed by atoms with Crippen LogP contribution in [-0.4, -0.2) is 20.4 Å². The zero-order valence-corrected chi connectivity index (χ0v) is 16.0. The zero-order chi connectivity index (χ0) is 19.0. The molecule has 4 rings (SSSR count).